The third-order valence-electron chi connectivity index (χ3n) is 4.91. The fraction of sp³-hybridized carbons (Fsp3) is 0.333. The maximum Gasteiger partial charge on any atom is 0.123 e. The van der Waals surface area contributed by atoms with Crippen LogP contribution in [-0.4, -0.2) is 36.8 Å². The summed E-state index contributed by atoms with van der Waals surface area (Å²) in [5, 5.41) is 0. The van der Waals surface area contributed by atoms with E-state index in [0.29, 0.717) is 6.54 Å². The van der Waals surface area contributed by atoms with Gasteiger partial charge in [0.25, 0.3) is 0 Å². The molecule has 0 aliphatic heterocycles. The lowest BCUT2D eigenvalue weighted by atomic mass is 10.2. The maximum absolute atomic E-state index is 13.5. The first-order valence-corrected chi connectivity index (χ1v) is 9.90. The fourth-order valence-electron chi connectivity index (χ4n) is 3.48. The second kappa shape index (κ2) is 10.8. The van der Waals surface area contributed by atoms with E-state index in [-0.39, 0.29) is 5.82 Å². The number of halogens is 1. The van der Waals surface area contributed by atoms with Crippen molar-refractivity contribution < 1.29 is 13.9 Å². The molecule has 3 aromatic rings. The molecule has 0 saturated carbocycles. The van der Waals surface area contributed by atoms with E-state index in [2.05, 4.69) is 33.9 Å². The van der Waals surface area contributed by atoms with Crippen molar-refractivity contribution in [2.45, 2.75) is 26.1 Å². The molecule has 154 valence electrons. The molecule has 0 N–H and O–H groups in total. The third kappa shape index (κ3) is 6.44. The van der Waals surface area contributed by atoms with Gasteiger partial charge >= 0.3 is 0 Å². The third-order valence-corrected chi connectivity index (χ3v) is 4.91. The van der Waals surface area contributed by atoms with Gasteiger partial charge in [-0.2, -0.15) is 0 Å². The summed E-state index contributed by atoms with van der Waals surface area (Å²) in [5.74, 6) is 0.671. The Labute approximate surface area is 172 Å². The van der Waals surface area contributed by atoms with Crippen LogP contribution in [0.1, 0.15) is 23.2 Å². The smallest absolute Gasteiger partial charge is 0.123 e. The van der Waals surface area contributed by atoms with Gasteiger partial charge in [0.2, 0.25) is 0 Å². The summed E-state index contributed by atoms with van der Waals surface area (Å²) in [6.45, 7) is 3.95. The molecule has 0 bridgehead atoms. The highest BCUT2D eigenvalue weighted by atomic mass is 19.1. The molecule has 1 heterocycles. The summed E-state index contributed by atoms with van der Waals surface area (Å²) in [6.07, 6.45) is 3.02. The van der Waals surface area contributed by atoms with Gasteiger partial charge < -0.3 is 14.0 Å². The monoisotopic (exact) mass is 396 g/mol. The van der Waals surface area contributed by atoms with E-state index in [1.807, 2.05) is 24.3 Å². The molecule has 0 radical (unpaired) electrons. The van der Waals surface area contributed by atoms with Gasteiger partial charge in [0, 0.05) is 51.8 Å². The Kier molecular flexibility index (Phi) is 7.85. The van der Waals surface area contributed by atoms with E-state index in [9.17, 15) is 4.39 Å². The van der Waals surface area contributed by atoms with Gasteiger partial charge in [0.1, 0.15) is 11.6 Å². The van der Waals surface area contributed by atoms with Crippen molar-refractivity contribution in [1.29, 1.82) is 0 Å². The van der Waals surface area contributed by atoms with Crippen LogP contribution in [0.3, 0.4) is 0 Å². The Balaban J connectivity index is 1.72. The van der Waals surface area contributed by atoms with Gasteiger partial charge in [-0.15, -0.1) is 0 Å². The highest BCUT2D eigenvalue weighted by Gasteiger charge is 2.11. The molecular formula is C24H29FN2O2. The quantitative estimate of drug-likeness (QED) is 0.439. The Bertz CT molecular complexity index is 894. The normalized spacial score (nSPS) is 11.2. The molecule has 0 aliphatic rings. The van der Waals surface area contributed by atoms with Crippen LogP contribution in [0.2, 0.25) is 0 Å². The van der Waals surface area contributed by atoms with Crippen LogP contribution in [0.25, 0.3) is 0 Å². The van der Waals surface area contributed by atoms with E-state index in [1.165, 1.54) is 17.3 Å². The lowest BCUT2D eigenvalue weighted by Crippen LogP contribution is -2.26. The zero-order chi connectivity index (χ0) is 20.5. The molecule has 0 spiro atoms. The van der Waals surface area contributed by atoms with Crippen LogP contribution in [0.5, 0.6) is 5.75 Å². The molecule has 29 heavy (non-hydrogen) atoms. The topological polar surface area (TPSA) is 26.6 Å². The SMILES string of the molecule is COCCCN(Cc1cccc(OC)c1)Cc1cccn1Cc1cccc(F)c1. The number of hydrogen-bond donors (Lipinski definition) is 0. The van der Waals surface area contributed by atoms with Crippen LogP contribution >= 0.6 is 0 Å². The van der Waals surface area contributed by atoms with Gasteiger partial charge in [-0.1, -0.05) is 24.3 Å². The first kappa shape index (κ1) is 21.1. The lowest BCUT2D eigenvalue weighted by Gasteiger charge is -2.23. The predicted molar refractivity (Wildman–Crippen MR) is 114 cm³/mol. The molecule has 4 nitrogen and oxygen atoms in total. The van der Waals surface area contributed by atoms with Crippen molar-refractivity contribution in [2.24, 2.45) is 0 Å². The molecule has 3 rings (SSSR count). The standard InChI is InChI=1S/C24H29FN2O2/c1-28-14-6-12-26(17-21-8-4-11-24(16-21)29-2)19-23-10-5-13-27(23)18-20-7-3-9-22(25)15-20/h3-5,7-11,13,15-16H,6,12,14,17-19H2,1-2H3. The molecule has 0 aliphatic carbocycles. The number of aromatic nitrogens is 1. The van der Waals surface area contributed by atoms with E-state index >= 15 is 0 Å². The molecule has 2 aromatic carbocycles. The van der Waals surface area contributed by atoms with Gasteiger partial charge in [0.15, 0.2) is 0 Å². The van der Waals surface area contributed by atoms with E-state index < -0.39 is 0 Å². The lowest BCUT2D eigenvalue weighted by molar-refractivity contribution is 0.165. The molecule has 0 saturated heterocycles. The van der Waals surface area contributed by atoms with E-state index in [1.54, 1.807) is 26.4 Å². The molecule has 0 unspecified atom stereocenters. The number of benzene rings is 2. The number of hydrogen-bond acceptors (Lipinski definition) is 3. The summed E-state index contributed by atoms with van der Waals surface area (Å²) < 4.78 is 26.3. The Morgan fingerprint density at radius 1 is 0.931 bits per heavy atom. The van der Waals surface area contributed by atoms with Gasteiger partial charge in [-0.05, 0) is 53.9 Å². The Hall–Kier alpha value is -2.63. The minimum Gasteiger partial charge on any atom is -0.497 e. The summed E-state index contributed by atoms with van der Waals surface area (Å²) in [5.41, 5.74) is 3.38. The van der Waals surface area contributed by atoms with Crippen molar-refractivity contribution in [1.82, 2.24) is 9.47 Å². The number of methoxy groups -OCH3 is 2. The average molecular weight is 397 g/mol. The Morgan fingerprint density at radius 2 is 1.76 bits per heavy atom. The summed E-state index contributed by atoms with van der Waals surface area (Å²) in [4.78, 5) is 2.41. The first-order chi connectivity index (χ1) is 14.2. The van der Waals surface area contributed by atoms with Crippen LogP contribution in [-0.2, 0) is 24.4 Å². The summed E-state index contributed by atoms with van der Waals surface area (Å²) in [6, 6.07) is 19.2. The zero-order valence-electron chi connectivity index (χ0n) is 17.2. The summed E-state index contributed by atoms with van der Waals surface area (Å²) in [7, 11) is 3.42. The van der Waals surface area contributed by atoms with Crippen molar-refractivity contribution in [2.75, 3.05) is 27.4 Å². The average Bonchev–Trinajstić information content (AvgIpc) is 3.15. The number of nitrogens with zero attached hydrogens (tertiary/aromatic N) is 2. The molecule has 0 atom stereocenters. The van der Waals surface area contributed by atoms with Gasteiger partial charge in [-0.25, -0.2) is 4.39 Å². The van der Waals surface area contributed by atoms with Gasteiger partial charge in [-0.3, -0.25) is 4.90 Å². The summed E-state index contributed by atoms with van der Waals surface area (Å²) >= 11 is 0. The van der Waals surface area contributed by atoms with Crippen LogP contribution in [0.4, 0.5) is 4.39 Å². The van der Waals surface area contributed by atoms with Crippen molar-refractivity contribution in [3.05, 3.63) is 89.5 Å². The largest absolute Gasteiger partial charge is 0.497 e. The van der Waals surface area contributed by atoms with Crippen molar-refractivity contribution in [3.8, 4) is 5.75 Å². The van der Waals surface area contributed by atoms with E-state index in [0.717, 1.165) is 44.0 Å². The van der Waals surface area contributed by atoms with Crippen molar-refractivity contribution >= 4 is 0 Å². The highest BCUT2D eigenvalue weighted by molar-refractivity contribution is 5.28. The number of ether oxygens (including phenoxy) is 2. The van der Waals surface area contributed by atoms with E-state index in [4.69, 9.17) is 9.47 Å². The minimum atomic E-state index is -0.199. The second-order valence-corrected chi connectivity index (χ2v) is 7.17. The molecule has 1 aromatic heterocycles. The van der Waals surface area contributed by atoms with Gasteiger partial charge in [0.05, 0.1) is 7.11 Å². The Morgan fingerprint density at radius 3 is 2.55 bits per heavy atom. The molecule has 0 fully saturated rings. The first-order valence-electron chi connectivity index (χ1n) is 9.90. The maximum atomic E-state index is 13.5. The fourth-order valence-corrected chi connectivity index (χ4v) is 3.48. The van der Waals surface area contributed by atoms with Crippen LogP contribution < -0.4 is 4.74 Å². The molecule has 0 amide bonds. The molecule has 5 heteroatoms. The van der Waals surface area contributed by atoms with Crippen molar-refractivity contribution in [3.63, 3.8) is 0 Å². The molecular weight excluding hydrogens is 367 g/mol. The second-order valence-electron chi connectivity index (χ2n) is 7.17. The predicted octanol–water partition coefficient (Wildman–Crippen LogP) is 4.72. The zero-order valence-corrected chi connectivity index (χ0v) is 17.2. The number of rotatable bonds is 11. The highest BCUT2D eigenvalue weighted by Crippen LogP contribution is 2.17. The minimum absolute atomic E-state index is 0.199. The van der Waals surface area contributed by atoms with Crippen LogP contribution in [0.15, 0.2) is 66.9 Å². The van der Waals surface area contributed by atoms with Crippen LogP contribution in [0, 0.1) is 5.82 Å².